The van der Waals surface area contributed by atoms with Crippen LogP contribution in [0.5, 0.6) is 0 Å². The molecular formula is C41H71NO8S. The molecular weight excluding hydrogens is 667 g/mol. The van der Waals surface area contributed by atoms with Crippen LogP contribution in [-0.2, 0) is 23.9 Å². The molecule has 51 heavy (non-hydrogen) atoms. The van der Waals surface area contributed by atoms with Crippen molar-refractivity contribution in [2.75, 3.05) is 19.0 Å². The van der Waals surface area contributed by atoms with Crippen LogP contribution in [0.25, 0.3) is 0 Å². The number of nitrogens with two attached hydrogens (primary N) is 1. The first kappa shape index (κ1) is 48.6. The fourth-order valence-corrected chi connectivity index (χ4v) is 6.22. The molecule has 1 unspecified atom stereocenters. The van der Waals surface area contributed by atoms with Gasteiger partial charge in [0.15, 0.2) is 0 Å². The van der Waals surface area contributed by atoms with Crippen LogP contribution in [0, 0.1) is 5.92 Å². The van der Waals surface area contributed by atoms with Crippen LogP contribution >= 0.6 is 11.8 Å². The lowest BCUT2D eigenvalue weighted by molar-refractivity contribution is -0.153. The maximum absolute atomic E-state index is 12.5. The number of aliphatic hydroxyl groups is 2. The number of carbonyl (C=O) groups is 3. The Balaban J connectivity index is 4.43. The second-order valence-corrected chi connectivity index (χ2v) is 14.7. The van der Waals surface area contributed by atoms with Crippen LogP contribution in [0.3, 0.4) is 0 Å². The molecule has 0 radical (unpaired) electrons. The number of carboxylic acids is 1. The number of hydrogen-bond donors (Lipinski definition) is 4. The van der Waals surface area contributed by atoms with Gasteiger partial charge >= 0.3 is 17.9 Å². The average Bonchev–Trinajstić information content (AvgIpc) is 3.11. The Morgan fingerprint density at radius 1 is 0.745 bits per heavy atom. The number of aliphatic hydroxyl groups excluding tert-OH is 2. The van der Waals surface area contributed by atoms with Gasteiger partial charge in [0.05, 0.1) is 6.10 Å². The van der Waals surface area contributed by atoms with E-state index in [0.29, 0.717) is 12.8 Å². The molecule has 0 fully saturated rings. The smallest absolute Gasteiger partial charge is 0.323 e. The molecule has 5 atom stereocenters. The predicted octanol–water partition coefficient (Wildman–Crippen LogP) is 8.62. The van der Waals surface area contributed by atoms with Gasteiger partial charge in [0.25, 0.3) is 0 Å². The molecule has 0 aliphatic rings. The summed E-state index contributed by atoms with van der Waals surface area (Å²) in [6.07, 6.45) is 31.9. The molecule has 5 N–H and O–H groups in total. The van der Waals surface area contributed by atoms with E-state index in [9.17, 15) is 24.6 Å². The monoisotopic (exact) mass is 737 g/mol. The summed E-state index contributed by atoms with van der Waals surface area (Å²) in [6.45, 7) is 6.14. The number of aliphatic carboxylic acids is 1. The van der Waals surface area contributed by atoms with Crippen LogP contribution in [-0.4, -0.2) is 75.7 Å². The second kappa shape index (κ2) is 34.7. The number of unbranched alkanes of at least 4 members (excludes halogenated alkanes) is 10. The van der Waals surface area contributed by atoms with E-state index >= 15 is 0 Å². The van der Waals surface area contributed by atoms with Gasteiger partial charge in [-0.05, 0) is 44.4 Å². The minimum absolute atomic E-state index is 0.0434. The fourth-order valence-electron chi connectivity index (χ4n) is 5.09. The van der Waals surface area contributed by atoms with Crippen molar-refractivity contribution >= 4 is 29.7 Å². The zero-order valence-corrected chi connectivity index (χ0v) is 32.7. The third-order valence-electron chi connectivity index (χ3n) is 8.60. The average molecular weight is 738 g/mol. The topological polar surface area (TPSA) is 156 Å². The van der Waals surface area contributed by atoms with E-state index in [1.807, 2.05) is 24.3 Å². The van der Waals surface area contributed by atoms with Crippen molar-refractivity contribution in [1.29, 1.82) is 0 Å². The zero-order chi connectivity index (χ0) is 38.0. The molecule has 9 nitrogen and oxygen atoms in total. The molecule has 0 aromatic heterocycles. The zero-order valence-electron chi connectivity index (χ0n) is 31.9. The van der Waals surface area contributed by atoms with Crippen LogP contribution in [0.1, 0.15) is 143 Å². The van der Waals surface area contributed by atoms with Crippen LogP contribution in [0.4, 0.5) is 0 Å². The van der Waals surface area contributed by atoms with Gasteiger partial charge in [-0.2, -0.15) is 0 Å². The Bertz CT molecular complexity index is 998. The summed E-state index contributed by atoms with van der Waals surface area (Å²) >= 11 is 1.27. The highest BCUT2D eigenvalue weighted by molar-refractivity contribution is 8.00. The summed E-state index contributed by atoms with van der Waals surface area (Å²) in [5.41, 5.74) is 6.04. The Kier molecular flexibility index (Phi) is 33.0. The standard InChI is InChI=1S/C41H71NO8S/c1-4-6-7-8-9-10-11-12-13-17-20-23-28-38(37(44)27-25-29-39(45)46)51-33-36(42)41(48)50-32-35(43)31-49-40(47)30-24-21-18-15-14-16-19-22-26-34(3)5-2/h9-10,12-13,17,20,23,28,34-38,43-44H,4-8,11,14-16,18-19,21-22,24-27,29-33,42H2,1-3H3,(H,45,46)/b10-9-,13-12-,20-17+,28-23+/t34?,35-,36+,37+,38-/m1/s1. The third kappa shape index (κ3) is 32.0. The molecule has 0 saturated carbocycles. The number of carbonyl (C=O) groups excluding carboxylic acids is 2. The normalized spacial score (nSPS) is 15.1. The number of allylic oxidation sites excluding steroid dienone is 7. The lowest BCUT2D eigenvalue weighted by Crippen LogP contribution is -2.38. The van der Waals surface area contributed by atoms with Gasteiger partial charge in [0, 0.05) is 23.8 Å². The number of thioether (sulfide) groups is 1. The van der Waals surface area contributed by atoms with E-state index in [1.54, 1.807) is 6.08 Å². The minimum Gasteiger partial charge on any atom is -0.481 e. The highest BCUT2D eigenvalue weighted by Gasteiger charge is 2.23. The number of ether oxygens (including phenoxy) is 2. The van der Waals surface area contributed by atoms with Gasteiger partial charge in [0.1, 0.15) is 25.4 Å². The van der Waals surface area contributed by atoms with Crippen LogP contribution < -0.4 is 5.73 Å². The summed E-state index contributed by atoms with van der Waals surface area (Å²) in [7, 11) is 0. The molecule has 0 amide bonds. The van der Waals surface area contributed by atoms with Gasteiger partial charge < -0.3 is 30.5 Å². The second-order valence-electron chi connectivity index (χ2n) is 13.5. The molecule has 0 aromatic carbocycles. The Morgan fingerprint density at radius 3 is 2.10 bits per heavy atom. The SMILES string of the molecule is CCCCC/C=C\C\C=C/C=C/C=C/[C@@H](SC[C@H](N)C(=O)OC[C@H](O)COC(=O)CCCCCCCCCCC(C)CC)[C@@H](O)CCCC(=O)O. The maximum Gasteiger partial charge on any atom is 0.323 e. The molecule has 0 spiro atoms. The van der Waals surface area contributed by atoms with Crippen molar-refractivity contribution in [3.8, 4) is 0 Å². The Labute approximate surface area is 313 Å². The van der Waals surface area contributed by atoms with E-state index in [0.717, 1.165) is 38.0 Å². The molecule has 0 rings (SSSR count). The number of rotatable bonds is 34. The van der Waals surface area contributed by atoms with Crippen LogP contribution in [0.2, 0.25) is 0 Å². The van der Waals surface area contributed by atoms with E-state index < -0.39 is 35.4 Å². The highest BCUT2D eigenvalue weighted by Crippen LogP contribution is 2.22. The summed E-state index contributed by atoms with van der Waals surface area (Å²) < 4.78 is 10.3. The first-order valence-electron chi connectivity index (χ1n) is 19.5. The molecule has 0 aromatic rings. The van der Waals surface area contributed by atoms with Gasteiger partial charge in [0.2, 0.25) is 0 Å². The number of carboxylic acid groups (broad SMARTS) is 1. The van der Waals surface area contributed by atoms with Crippen molar-refractivity contribution in [3.63, 3.8) is 0 Å². The third-order valence-corrected chi connectivity index (χ3v) is 10.0. The van der Waals surface area contributed by atoms with Gasteiger partial charge in [-0.15, -0.1) is 11.8 Å². The van der Waals surface area contributed by atoms with Crippen molar-refractivity contribution in [1.82, 2.24) is 0 Å². The lowest BCUT2D eigenvalue weighted by atomic mass is 9.99. The molecule has 0 saturated heterocycles. The van der Waals surface area contributed by atoms with E-state index in [-0.39, 0.29) is 37.8 Å². The molecule has 10 heteroatoms. The van der Waals surface area contributed by atoms with Crippen molar-refractivity contribution in [3.05, 3.63) is 48.6 Å². The summed E-state index contributed by atoms with van der Waals surface area (Å²) in [4.78, 5) is 35.5. The Hall–Kier alpha value is -2.40. The van der Waals surface area contributed by atoms with Gasteiger partial charge in [-0.1, -0.05) is 140 Å². The first-order chi connectivity index (χ1) is 24.6. The largest absolute Gasteiger partial charge is 0.481 e. The van der Waals surface area contributed by atoms with Crippen LogP contribution in [0.15, 0.2) is 48.6 Å². The molecule has 0 aliphatic heterocycles. The maximum atomic E-state index is 12.5. The predicted molar refractivity (Wildman–Crippen MR) is 211 cm³/mol. The summed E-state index contributed by atoms with van der Waals surface area (Å²) in [5.74, 6) is -1.05. The van der Waals surface area contributed by atoms with Crippen molar-refractivity contribution in [2.45, 2.75) is 166 Å². The molecule has 0 bridgehead atoms. The minimum atomic E-state index is -1.16. The Morgan fingerprint density at radius 2 is 1.41 bits per heavy atom. The fraction of sp³-hybridized carbons (Fsp3) is 0.732. The van der Waals surface area contributed by atoms with E-state index in [4.69, 9.17) is 20.3 Å². The summed E-state index contributed by atoms with van der Waals surface area (Å²) in [5, 5.41) is 29.4. The molecule has 0 aliphatic carbocycles. The van der Waals surface area contributed by atoms with Gasteiger partial charge in [-0.3, -0.25) is 14.4 Å². The van der Waals surface area contributed by atoms with Crippen molar-refractivity contribution in [2.24, 2.45) is 11.7 Å². The molecule has 294 valence electrons. The quantitative estimate of drug-likeness (QED) is 0.0218. The number of hydrogen-bond acceptors (Lipinski definition) is 9. The first-order valence-corrected chi connectivity index (χ1v) is 20.6. The van der Waals surface area contributed by atoms with Gasteiger partial charge in [-0.25, -0.2) is 0 Å². The highest BCUT2D eigenvalue weighted by atomic mass is 32.2. The molecule has 0 heterocycles. The number of esters is 2. The van der Waals surface area contributed by atoms with Crippen molar-refractivity contribution < 1.29 is 39.2 Å². The van der Waals surface area contributed by atoms with E-state index in [2.05, 4.69) is 39.0 Å². The lowest BCUT2D eigenvalue weighted by Gasteiger charge is -2.21. The summed E-state index contributed by atoms with van der Waals surface area (Å²) in [6, 6.07) is -1.01. The van der Waals surface area contributed by atoms with E-state index in [1.165, 1.54) is 76.0 Å².